The van der Waals surface area contributed by atoms with Crippen LogP contribution in [0.5, 0.6) is 0 Å². The highest BCUT2D eigenvalue weighted by Gasteiger charge is 2.24. The van der Waals surface area contributed by atoms with E-state index in [9.17, 15) is 14.4 Å². The maximum atomic E-state index is 12.0. The molecule has 21 heavy (non-hydrogen) atoms. The van der Waals surface area contributed by atoms with Gasteiger partial charge in [0.15, 0.2) is 0 Å². The molecule has 0 aliphatic heterocycles. The highest BCUT2D eigenvalue weighted by atomic mass is 31.2. The van der Waals surface area contributed by atoms with Gasteiger partial charge in [0.25, 0.3) is 0 Å². The monoisotopic (exact) mass is 300 g/mol. The van der Waals surface area contributed by atoms with E-state index < -0.39 is 7.60 Å². The third-order valence-electron chi connectivity index (χ3n) is 3.75. The van der Waals surface area contributed by atoms with Gasteiger partial charge in [0.1, 0.15) is 0 Å². The Labute approximate surface area is 123 Å². The van der Waals surface area contributed by atoms with E-state index in [2.05, 4.69) is 0 Å². The second-order valence-corrected chi connectivity index (χ2v) is 6.82. The Hall–Kier alpha value is -1.67. The molecule has 0 unspecified atom stereocenters. The van der Waals surface area contributed by atoms with E-state index in [4.69, 9.17) is 0 Å². The average Bonchev–Trinajstić information content (AvgIpc) is 2.44. The van der Waals surface area contributed by atoms with Crippen molar-refractivity contribution in [2.45, 2.75) is 19.8 Å². The summed E-state index contributed by atoms with van der Waals surface area (Å²) in [6.45, 7) is 2.01. The van der Waals surface area contributed by atoms with E-state index >= 15 is 0 Å². The molecule has 0 saturated carbocycles. The van der Waals surface area contributed by atoms with Crippen LogP contribution in [0.1, 0.15) is 18.9 Å². The molecule has 3 aromatic rings. The van der Waals surface area contributed by atoms with Gasteiger partial charge in [-0.15, -0.1) is 0 Å². The van der Waals surface area contributed by atoms with Crippen LogP contribution in [0.3, 0.4) is 0 Å². The van der Waals surface area contributed by atoms with Crippen molar-refractivity contribution in [2.75, 3.05) is 0 Å². The molecule has 0 radical (unpaired) electrons. The van der Waals surface area contributed by atoms with Crippen molar-refractivity contribution >= 4 is 34.4 Å². The topological polar surface area (TPSA) is 57.5 Å². The molecule has 0 bridgehead atoms. The predicted molar refractivity (Wildman–Crippen MR) is 87.1 cm³/mol. The van der Waals surface area contributed by atoms with Crippen LogP contribution in [-0.4, -0.2) is 9.79 Å². The fourth-order valence-corrected chi connectivity index (χ4v) is 3.93. The zero-order chi connectivity index (χ0) is 15.0. The van der Waals surface area contributed by atoms with Crippen molar-refractivity contribution in [3.8, 4) is 0 Å². The second-order valence-electron chi connectivity index (χ2n) is 5.29. The summed E-state index contributed by atoms with van der Waals surface area (Å²) in [5.41, 5.74) is 0.744. The molecule has 0 spiro atoms. The molecular formula is C17H17O3P. The van der Waals surface area contributed by atoms with Crippen molar-refractivity contribution in [3.63, 3.8) is 0 Å². The molecule has 0 amide bonds. The predicted octanol–water partition coefficient (Wildman–Crippen LogP) is 3.75. The highest BCUT2D eigenvalue weighted by Crippen LogP contribution is 2.39. The number of fused-ring (bicyclic) bond motifs is 2. The lowest BCUT2D eigenvalue weighted by molar-refractivity contribution is 0.387. The number of hydrogen-bond donors (Lipinski definition) is 2. The molecule has 0 heterocycles. The first kappa shape index (κ1) is 14.3. The molecule has 0 atom stereocenters. The van der Waals surface area contributed by atoms with Crippen molar-refractivity contribution in [1.82, 2.24) is 0 Å². The standard InChI is InChI=1S/C17H17O3P/c1-2-5-12-8-9-15-10-13-6-3-4-7-14(13)11-16(15)17(12)21(18,19)20/h3-4,6-11H,2,5H2,1H3,(H2,18,19,20). The van der Waals surface area contributed by atoms with E-state index in [0.717, 1.165) is 28.1 Å². The minimum atomic E-state index is -4.31. The maximum Gasteiger partial charge on any atom is 0.357 e. The lowest BCUT2D eigenvalue weighted by Gasteiger charge is -2.14. The Morgan fingerprint density at radius 3 is 2.24 bits per heavy atom. The normalized spacial score (nSPS) is 12.1. The van der Waals surface area contributed by atoms with Gasteiger partial charge >= 0.3 is 7.60 Å². The first-order chi connectivity index (χ1) is 10.0. The lowest BCUT2D eigenvalue weighted by atomic mass is 10.00. The van der Waals surface area contributed by atoms with E-state index in [1.165, 1.54) is 0 Å². The van der Waals surface area contributed by atoms with Crippen LogP contribution in [0.25, 0.3) is 21.5 Å². The molecule has 3 nitrogen and oxygen atoms in total. The summed E-state index contributed by atoms with van der Waals surface area (Å²) in [5, 5.41) is 3.78. The molecule has 0 fully saturated rings. The smallest absolute Gasteiger partial charge is 0.321 e. The largest absolute Gasteiger partial charge is 0.357 e. The Kier molecular flexibility index (Phi) is 3.58. The maximum absolute atomic E-state index is 12.0. The van der Waals surface area contributed by atoms with Gasteiger partial charge in [0, 0.05) is 0 Å². The van der Waals surface area contributed by atoms with Gasteiger partial charge in [-0.2, -0.15) is 0 Å². The summed E-state index contributed by atoms with van der Waals surface area (Å²) in [4.78, 5) is 19.6. The van der Waals surface area contributed by atoms with E-state index in [-0.39, 0.29) is 5.30 Å². The van der Waals surface area contributed by atoms with Crippen LogP contribution < -0.4 is 5.30 Å². The molecule has 4 heteroatoms. The third-order valence-corrected chi connectivity index (χ3v) is 4.86. The van der Waals surface area contributed by atoms with E-state index in [0.29, 0.717) is 11.8 Å². The number of hydrogen-bond acceptors (Lipinski definition) is 1. The van der Waals surface area contributed by atoms with Gasteiger partial charge in [0.2, 0.25) is 0 Å². The first-order valence-corrected chi connectivity index (χ1v) is 8.62. The first-order valence-electron chi connectivity index (χ1n) is 7.01. The lowest BCUT2D eigenvalue weighted by Crippen LogP contribution is -2.12. The van der Waals surface area contributed by atoms with Crippen molar-refractivity contribution < 1.29 is 14.4 Å². The Morgan fingerprint density at radius 2 is 1.62 bits per heavy atom. The van der Waals surface area contributed by atoms with Crippen molar-refractivity contribution in [1.29, 1.82) is 0 Å². The van der Waals surface area contributed by atoms with Gasteiger partial charge in [-0.25, -0.2) is 0 Å². The number of benzene rings is 3. The van der Waals surface area contributed by atoms with Crippen LogP contribution in [0.15, 0.2) is 48.5 Å². The minimum Gasteiger partial charge on any atom is -0.321 e. The Balaban J connectivity index is 2.43. The molecule has 0 aliphatic carbocycles. The van der Waals surface area contributed by atoms with Crippen molar-refractivity contribution in [2.24, 2.45) is 0 Å². The number of rotatable bonds is 3. The van der Waals surface area contributed by atoms with Gasteiger partial charge in [-0.05, 0) is 45.7 Å². The molecule has 3 aromatic carbocycles. The summed E-state index contributed by atoms with van der Waals surface area (Å²) in [7, 11) is -4.31. The summed E-state index contributed by atoms with van der Waals surface area (Å²) < 4.78 is 12.0. The Morgan fingerprint density at radius 1 is 0.952 bits per heavy atom. The van der Waals surface area contributed by atoms with Crippen molar-refractivity contribution in [3.05, 3.63) is 54.1 Å². The Bertz CT molecular complexity index is 864. The van der Waals surface area contributed by atoms with Gasteiger partial charge < -0.3 is 9.79 Å². The van der Waals surface area contributed by atoms with Crippen LogP contribution in [-0.2, 0) is 11.0 Å². The molecule has 0 aromatic heterocycles. The summed E-state index contributed by atoms with van der Waals surface area (Å²) in [6, 6.07) is 15.5. The molecular weight excluding hydrogens is 283 g/mol. The molecule has 0 saturated heterocycles. The minimum absolute atomic E-state index is 0.188. The highest BCUT2D eigenvalue weighted by molar-refractivity contribution is 7.61. The summed E-state index contributed by atoms with van der Waals surface area (Å²) in [6.07, 6.45) is 1.52. The van der Waals surface area contributed by atoms with Gasteiger partial charge in [-0.1, -0.05) is 49.7 Å². The molecule has 2 N–H and O–H groups in total. The van der Waals surface area contributed by atoms with Crippen LogP contribution in [0.4, 0.5) is 0 Å². The van der Waals surface area contributed by atoms with Crippen LogP contribution in [0.2, 0.25) is 0 Å². The average molecular weight is 300 g/mol. The third kappa shape index (κ3) is 2.60. The SMILES string of the molecule is CCCc1ccc2cc3ccccc3cc2c1P(=O)(O)O. The van der Waals surface area contributed by atoms with Gasteiger partial charge in [0.05, 0.1) is 5.30 Å². The molecule has 0 aliphatic rings. The van der Waals surface area contributed by atoms with Gasteiger partial charge in [-0.3, -0.25) is 4.57 Å². The van der Waals surface area contributed by atoms with Crippen LogP contribution in [0, 0.1) is 0 Å². The van der Waals surface area contributed by atoms with Crippen LogP contribution >= 0.6 is 7.60 Å². The second kappa shape index (κ2) is 5.27. The fraction of sp³-hybridized carbons (Fsp3) is 0.176. The van der Waals surface area contributed by atoms with E-state index in [1.54, 1.807) is 0 Å². The zero-order valence-electron chi connectivity index (χ0n) is 11.8. The van der Waals surface area contributed by atoms with E-state index in [1.807, 2.05) is 55.5 Å². The number of aryl methyl sites for hydroxylation is 1. The summed E-state index contributed by atoms with van der Waals surface area (Å²) in [5.74, 6) is 0. The molecule has 108 valence electrons. The zero-order valence-corrected chi connectivity index (χ0v) is 12.7. The quantitative estimate of drug-likeness (QED) is 0.572. The fourth-order valence-electron chi connectivity index (χ4n) is 2.86. The summed E-state index contributed by atoms with van der Waals surface area (Å²) >= 11 is 0. The molecule has 3 rings (SSSR count).